The predicted molar refractivity (Wildman–Crippen MR) is 129 cm³/mol. The van der Waals surface area contributed by atoms with Gasteiger partial charge in [0.05, 0.1) is 0 Å². The summed E-state index contributed by atoms with van der Waals surface area (Å²) in [5.74, 6) is 2.03. The highest BCUT2D eigenvalue weighted by Gasteiger charge is 2.31. The van der Waals surface area contributed by atoms with Crippen LogP contribution in [0.4, 0.5) is 5.82 Å². The molecule has 1 unspecified atom stereocenters. The number of likely N-dealkylation sites (tertiary alicyclic amines) is 1. The standard InChI is InChI=1S/C25H24N6O5/c1-14-10-22(29-27-14)26-23(32)17-11-19(13-20(12-17)36-21-8-9-31(3)25(21)33)35-18-6-4-16(5-7-18)24-30-28-15(2)34-24/h4-7,10-13,21H,8-9H2,1-3H3,(H2,26,27,29,32). The summed E-state index contributed by atoms with van der Waals surface area (Å²) in [4.78, 5) is 26.9. The van der Waals surface area contributed by atoms with Crippen molar-refractivity contribution in [2.75, 3.05) is 18.9 Å². The van der Waals surface area contributed by atoms with E-state index in [2.05, 4.69) is 25.7 Å². The Morgan fingerprint density at radius 3 is 2.50 bits per heavy atom. The van der Waals surface area contributed by atoms with Crippen molar-refractivity contribution in [2.45, 2.75) is 26.4 Å². The maximum atomic E-state index is 13.0. The first-order valence-corrected chi connectivity index (χ1v) is 11.3. The van der Waals surface area contributed by atoms with Crippen LogP contribution in [0.3, 0.4) is 0 Å². The third-order valence-electron chi connectivity index (χ3n) is 5.61. The normalized spacial score (nSPS) is 15.2. The number of hydrogen-bond donors (Lipinski definition) is 2. The van der Waals surface area contributed by atoms with Gasteiger partial charge in [0.2, 0.25) is 11.8 Å². The number of anilines is 1. The van der Waals surface area contributed by atoms with E-state index in [1.54, 1.807) is 67.4 Å². The molecular weight excluding hydrogens is 464 g/mol. The molecule has 3 heterocycles. The van der Waals surface area contributed by atoms with Crippen molar-refractivity contribution in [3.8, 4) is 28.7 Å². The van der Waals surface area contributed by atoms with Gasteiger partial charge in [-0.05, 0) is 43.3 Å². The predicted octanol–water partition coefficient (Wildman–Crippen LogP) is 3.73. The number of carbonyl (C=O) groups excluding carboxylic acids is 2. The Kier molecular flexibility index (Phi) is 6.11. The van der Waals surface area contributed by atoms with E-state index in [4.69, 9.17) is 13.9 Å². The number of ether oxygens (including phenoxy) is 2. The molecule has 0 aliphatic carbocycles. The van der Waals surface area contributed by atoms with Gasteiger partial charge < -0.3 is 24.1 Å². The summed E-state index contributed by atoms with van der Waals surface area (Å²) in [6, 6.07) is 13.6. The van der Waals surface area contributed by atoms with Crippen molar-refractivity contribution >= 4 is 17.6 Å². The molecule has 4 aromatic rings. The second kappa shape index (κ2) is 9.53. The number of aromatic nitrogens is 4. The van der Waals surface area contributed by atoms with Crippen LogP contribution in [-0.2, 0) is 4.79 Å². The monoisotopic (exact) mass is 488 g/mol. The van der Waals surface area contributed by atoms with E-state index in [1.807, 2.05) is 6.92 Å². The fraction of sp³-hybridized carbons (Fsp3) is 0.240. The maximum absolute atomic E-state index is 13.0. The molecule has 2 amide bonds. The fourth-order valence-corrected chi connectivity index (χ4v) is 3.78. The summed E-state index contributed by atoms with van der Waals surface area (Å²) >= 11 is 0. The molecule has 1 aliphatic rings. The molecule has 2 aromatic heterocycles. The van der Waals surface area contributed by atoms with E-state index >= 15 is 0 Å². The molecule has 1 saturated heterocycles. The lowest BCUT2D eigenvalue weighted by atomic mass is 10.1. The van der Waals surface area contributed by atoms with Crippen LogP contribution >= 0.6 is 0 Å². The molecule has 0 saturated carbocycles. The van der Waals surface area contributed by atoms with Crippen molar-refractivity contribution in [1.82, 2.24) is 25.3 Å². The second-order valence-corrected chi connectivity index (χ2v) is 8.49. The van der Waals surface area contributed by atoms with Gasteiger partial charge in [-0.3, -0.25) is 14.7 Å². The smallest absolute Gasteiger partial charge is 0.263 e. The number of nitrogens with zero attached hydrogens (tertiary/aromatic N) is 4. The van der Waals surface area contributed by atoms with Crippen LogP contribution in [0, 0.1) is 13.8 Å². The second-order valence-electron chi connectivity index (χ2n) is 8.49. The first kappa shape index (κ1) is 23.1. The lowest BCUT2D eigenvalue weighted by Gasteiger charge is -2.15. The van der Waals surface area contributed by atoms with E-state index in [1.165, 1.54) is 0 Å². The molecule has 11 heteroatoms. The van der Waals surface area contributed by atoms with Gasteiger partial charge in [0, 0.05) is 55.9 Å². The Hall–Kier alpha value is -4.67. The third-order valence-corrected chi connectivity index (χ3v) is 5.61. The Labute approximate surface area is 206 Å². The number of H-pyrrole nitrogens is 1. The fourth-order valence-electron chi connectivity index (χ4n) is 3.78. The highest BCUT2D eigenvalue weighted by Crippen LogP contribution is 2.31. The van der Waals surface area contributed by atoms with Crippen LogP contribution in [0.15, 0.2) is 52.9 Å². The highest BCUT2D eigenvalue weighted by atomic mass is 16.5. The number of rotatable bonds is 7. The lowest BCUT2D eigenvalue weighted by molar-refractivity contribution is -0.132. The minimum Gasteiger partial charge on any atom is -0.480 e. The Morgan fingerprint density at radius 2 is 1.86 bits per heavy atom. The zero-order valence-electron chi connectivity index (χ0n) is 19.9. The minimum absolute atomic E-state index is 0.105. The van der Waals surface area contributed by atoms with Crippen molar-refractivity contribution in [2.24, 2.45) is 0 Å². The topological polar surface area (TPSA) is 135 Å². The zero-order valence-corrected chi connectivity index (χ0v) is 19.9. The summed E-state index contributed by atoms with van der Waals surface area (Å²) in [5, 5.41) is 17.4. The van der Waals surface area contributed by atoms with Crippen molar-refractivity contribution in [3.05, 3.63) is 65.7 Å². The number of likely N-dealkylation sites (N-methyl/N-ethyl adjacent to an activating group) is 1. The number of nitrogens with one attached hydrogen (secondary N) is 2. The average molecular weight is 489 g/mol. The highest BCUT2D eigenvalue weighted by molar-refractivity contribution is 6.04. The number of amides is 2. The summed E-state index contributed by atoms with van der Waals surface area (Å²) in [5.41, 5.74) is 1.85. The van der Waals surface area contributed by atoms with Gasteiger partial charge >= 0.3 is 0 Å². The molecule has 0 bridgehead atoms. The molecule has 184 valence electrons. The largest absolute Gasteiger partial charge is 0.480 e. The van der Waals surface area contributed by atoms with Crippen molar-refractivity contribution in [1.29, 1.82) is 0 Å². The van der Waals surface area contributed by atoms with E-state index in [9.17, 15) is 9.59 Å². The molecule has 5 rings (SSSR count). The maximum Gasteiger partial charge on any atom is 0.263 e. The SMILES string of the molecule is Cc1cc(NC(=O)c2cc(Oc3ccc(-c4nnc(C)o4)cc3)cc(OC3CCN(C)C3=O)c2)n[nH]1. The van der Waals surface area contributed by atoms with E-state index in [0.717, 1.165) is 11.3 Å². The van der Waals surface area contributed by atoms with Crippen LogP contribution in [0.1, 0.15) is 28.4 Å². The van der Waals surface area contributed by atoms with Crippen LogP contribution in [0.25, 0.3) is 11.5 Å². The molecular formula is C25H24N6O5. The van der Waals surface area contributed by atoms with E-state index < -0.39 is 12.0 Å². The molecule has 36 heavy (non-hydrogen) atoms. The van der Waals surface area contributed by atoms with Crippen LogP contribution in [-0.4, -0.2) is 56.8 Å². The van der Waals surface area contributed by atoms with Crippen LogP contribution < -0.4 is 14.8 Å². The molecule has 1 fully saturated rings. The third kappa shape index (κ3) is 5.04. The lowest BCUT2D eigenvalue weighted by Crippen LogP contribution is -2.29. The van der Waals surface area contributed by atoms with Gasteiger partial charge in [-0.2, -0.15) is 5.10 Å². The van der Waals surface area contributed by atoms with Gasteiger partial charge in [0.25, 0.3) is 11.8 Å². The minimum atomic E-state index is -0.618. The van der Waals surface area contributed by atoms with Crippen LogP contribution in [0.5, 0.6) is 17.2 Å². The van der Waals surface area contributed by atoms with Gasteiger partial charge in [-0.1, -0.05) is 0 Å². The number of hydrogen-bond acceptors (Lipinski definition) is 8. The Balaban J connectivity index is 1.40. The zero-order chi connectivity index (χ0) is 25.2. The number of aryl methyl sites for hydroxylation is 2. The number of benzene rings is 2. The molecule has 2 N–H and O–H groups in total. The van der Waals surface area contributed by atoms with E-state index in [0.29, 0.717) is 53.4 Å². The van der Waals surface area contributed by atoms with Crippen molar-refractivity contribution < 1.29 is 23.5 Å². The molecule has 0 radical (unpaired) electrons. The summed E-state index contributed by atoms with van der Waals surface area (Å²) in [7, 11) is 1.73. The van der Waals surface area contributed by atoms with Crippen molar-refractivity contribution in [3.63, 3.8) is 0 Å². The quantitative estimate of drug-likeness (QED) is 0.402. The Bertz CT molecular complexity index is 1410. The first-order chi connectivity index (χ1) is 17.3. The van der Waals surface area contributed by atoms with E-state index in [-0.39, 0.29) is 5.91 Å². The van der Waals surface area contributed by atoms with Gasteiger partial charge in [-0.15, -0.1) is 10.2 Å². The van der Waals surface area contributed by atoms with Gasteiger partial charge in [0.15, 0.2) is 11.9 Å². The summed E-state index contributed by atoms with van der Waals surface area (Å²) < 4.78 is 17.4. The molecule has 2 aromatic carbocycles. The molecule has 1 aliphatic heterocycles. The van der Waals surface area contributed by atoms with Gasteiger partial charge in [0.1, 0.15) is 17.2 Å². The summed E-state index contributed by atoms with van der Waals surface area (Å²) in [6.07, 6.45) is -0.0576. The average Bonchev–Trinajstić information content (AvgIpc) is 3.56. The molecule has 11 nitrogen and oxygen atoms in total. The number of aromatic amines is 1. The molecule has 0 spiro atoms. The Morgan fingerprint density at radius 1 is 1.08 bits per heavy atom. The number of carbonyl (C=O) groups is 2. The summed E-state index contributed by atoms with van der Waals surface area (Å²) in [6.45, 7) is 4.17. The molecule has 1 atom stereocenters. The van der Waals surface area contributed by atoms with Gasteiger partial charge in [-0.25, -0.2) is 0 Å². The first-order valence-electron chi connectivity index (χ1n) is 11.3. The van der Waals surface area contributed by atoms with Crippen LogP contribution in [0.2, 0.25) is 0 Å².